The van der Waals surface area contributed by atoms with Crippen LogP contribution in [0.3, 0.4) is 0 Å². The first kappa shape index (κ1) is 26.1. The molecule has 0 unspecified atom stereocenters. The number of likely N-dealkylation sites (tertiary alicyclic amines) is 1. The molecule has 1 saturated heterocycles. The predicted molar refractivity (Wildman–Crippen MR) is 132 cm³/mol. The molecule has 0 aliphatic carbocycles. The van der Waals surface area contributed by atoms with Gasteiger partial charge in [0.1, 0.15) is 18.2 Å². The van der Waals surface area contributed by atoms with Gasteiger partial charge in [0.25, 0.3) is 10.1 Å². The molecule has 0 saturated carbocycles. The van der Waals surface area contributed by atoms with Gasteiger partial charge in [-0.3, -0.25) is 8.98 Å². The van der Waals surface area contributed by atoms with Crippen LogP contribution >= 0.6 is 23.2 Å². The molecule has 4 rings (SSSR count). The number of aromatic nitrogens is 2. The first-order valence-electron chi connectivity index (χ1n) is 10.6. The molecule has 10 nitrogen and oxygen atoms in total. The standard InChI is InChI=1S/C22H21Cl2FN4O6S/c1-33-17-8-16-13(22(27-11-26-16)28-15-4-3-14(23)20(24)21(15)25)7-18(17)35-12-9-29(10-12)19(30)5-6-34-36(2,31)32/h3-4,7-8,11-12H,5-6,9-10H2,1-2H3,(H,26,27,28). The predicted octanol–water partition coefficient (Wildman–Crippen LogP) is 3.78. The lowest BCUT2D eigenvalue weighted by Gasteiger charge is -2.39. The van der Waals surface area contributed by atoms with Gasteiger partial charge in [0.15, 0.2) is 17.3 Å². The second kappa shape index (κ2) is 10.6. The zero-order chi connectivity index (χ0) is 26.0. The minimum Gasteiger partial charge on any atom is -0.493 e. The number of hydrogen-bond acceptors (Lipinski definition) is 9. The number of halogens is 3. The Morgan fingerprint density at radius 1 is 1.22 bits per heavy atom. The number of carbonyl (C=O) groups is 1. The molecule has 36 heavy (non-hydrogen) atoms. The number of nitrogens with one attached hydrogen (secondary N) is 1. The number of carbonyl (C=O) groups excluding carboxylic acids is 1. The van der Waals surface area contributed by atoms with E-state index in [1.165, 1.54) is 30.5 Å². The number of nitrogens with zero attached hydrogens (tertiary/aromatic N) is 3. The number of benzene rings is 2. The highest BCUT2D eigenvalue weighted by molar-refractivity contribution is 7.85. The summed E-state index contributed by atoms with van der Waals surface area (Å²) in [5.41, 5.74) is 0.601. The lowest BCUT2D eigenvalue weighted by Crippen LogP contribution is -2.56. The van der Waals surface area contributed by atoms with Crippen molar-refractivity contribution in [2.45, 2.75) is 12.5 Å². The summed E-state index contributed by atoms with van der Waals surface area (Å²) in [7, 11) is -2.12. The van der Waals surface area contributed by atoms with Gasteiger partial charge in [0.2, 0.25) is 5.91 Å². The van der Waals surface area contributed by atoms with Crippen molar-refractivity contribution in [1.82, 2.24) is 14.9 Å². The van der Waals surface area contributed by atoms with Crippen molar-refractivity contribution in [1.29, 1.82) is 0 Å². The Balaban J connectivity index is 1.49. The highest BCUT2D eigenvalue weighted by atomic mass is 35.5. The van der Waals surface area contributed by atoms with E-state index >= 15 is 0 Å². The van der Waals surface area contributed by atoms with Crippen LogP contribution in [0.25, 0.3) is 10.9 Å². The summed E-state index contributed by atoms with van der Waals surface area (Å²) in [6, 6.07) is 6.23. The molecule has 1 aliphatic heterocycles. The Labute approximate surface area is 216 Å². The number of methoxy groups -OCH3 is 1. The molecular formula is C22H21Cl2FN4O6S. The van der Waals surface area contributed by atoms with Gasteiger partial charge in [-0.25, -0.2) is 14.4 Å². The SMILES string of the molecule is COc1cc2ncnc(Nc3ccc(Cl)c(Cl)c3F)c2cc1OC1CN(C(=O)CCOS(C)(=O)=O)C1. The Bertz CT molecular complexity index is 1420. The second-order valence-electron chi connectivity index (χ2n) is 7.91. The monoisotopic (exact) mass is 558 g/mol. The molecule has 1 N–H and O–H groups in total. The van der Waals surface area contributed by atoms with Crippen molar-refractivity contribution in [3.05, 3.63) is 46.5 Å². The molecule has 1 fully saturated rings. The van der Waals surface area contributed by atoms with Crippen LogP contribution in [0, 0.1) is 5.82 Å². The van der Waals surface area contributed by atoms with Crippen LogP contribution in [-0.4, -0.2) is 68.4 Å². The Kier molecular flexibility index (Phi) is 7.69. The minimum atomic E-state index is -3.60. The molecule has 1 aromatic heterocycles. The summed E-state index contributed by atoms with van der Waals surface area (Å²) in [4.78, 5) is 22.2. The van der Waals surface area contributed by atoms with Crippen molar-refractivity contribution in [3.63, 3.8) is 0 Å². The van der Waals surface area contributed by atoms with Crippen LogP contribution in [0.1, 0.15) is 6.42 Å². The zero-order valence-corrected chi connectivity index (χ0v) is 21.5. The van der Waals surface area contributed by atoms with Crippen molar-refractivity contribution in [2.75, 3.05) is 38.4 Å². The molecule has 0 radical (unpaired) electrons. The fourth-order valence-electron chi connectivity index (χ4n) is 3.50. The fraction of sp³-hybridized carbons (Fsp3) is 0.318. The van der Waals surface area contributed by atoms with E-state index in [1.54, 1.807) is 12.1 Å². The first-order chi connectivity index (χ1) is 17.1. The van der Waals surface area contributed by atoms with E-state index in [-0.39, 0.29) is 40.8 Å². The van der Waals surface area contributed by atoms with Gasteiger partial charge in [-0.05, 0) is 18.2 Å². The third-order valence-corrected chi connectivity index (χ3v) is 6.69. The number of rotatable bonds is 9. The van der Waals surface area contributed by atoms with Crippen LogP contribution in [0.15, 0.2) is 30.6 Å². The Hall–Kier alpha value is -2.93. The van der Waals surface area contributed by atoms with Gasteiger partial charge in [0, 0.05) is 11.5 Å². The summed E-state index contributed by atoms with van der Waals surface area (Å²) in [6.45, 7) is 0.404. The molecule has 2 heterocycles. The normalized spacial score (nSPS) is 14.0. The Morgan fingerprint density at radius 2 is 1.97 bits per heavy atom. The van der Waals surface area contributed by atoms with Gasteiger partial charge >= 0.3 is 0 Å². The van der Waals surface area contributed by atoms with E-state index in [2.05, 4.69) is 19.5 Å². The Morgan fingerprint density at radius 3 is 2.67 bits per heavy atom. The van der Waals surface area contributed by atoms with Crippen molar-refractivity contribution in [2.24, 2.45) is 0 Å². The highest BCUT2D eigenvalue weighted by Crippen LogP contribution is 2.37. The molecule has 2 aromatic carbocycles. The lowest BCUT2D eigenvalue weighted by atomic mass is 10.1. The van der Waals surface area contributed by atoms with Crippen molar-refractivity contribution in [3.8, 4) is 11.5 Å². The average Bonchev–Trinajstić information content (AvgIpc) is 2.80. The smallest absolute Gasteiger partial charge is 0.264 e. The maximum Gasteiger partial charge on any atom is 0.264 e. The maximum atomic E-state index is 14.6. The summed E-state index contributed by atoms with van der Waals surface area (Å²) in [5, 5.41) is 3.32. The van der Waals surface area contributed by atoms with Gasteiger partial charge in [-0.2, -0.15) is 8.42 Å². The molecular weight excluding hydrogens is 538 g/mol. The zero-order valence-electron chi connectivity index (χ0n) is 19.1. The quantitative estimate of drug-likeness (QED) is 0.309. The lowest BCUT2D eigenvalue weighted by molar-refractivity contribution is -0.140. The van der Waals surface area contributed by atoms with Crippen molar-refractivity contribution >= 4 is 61.6 Å². The number of amides is 1. The largest absolute Gasteiger partial charge is 0.493 e. The molecule has 14 heteroatoms. The van der Waals surface area contributed by atoms with Crippen LogP contribution in [0.4, 0.5) is 15.9 Å². The topological polar surface area (TPSA) is 120 Å². The van der Waals surface area contributed by atoms with E-state index in [1.807, 2.05) is 0 Å². The van der Waals surface area contributed by atoms with Gasteiger partial charge in [-0.1, -0.05) is 23.2 Å². The van der Waals surface area contributed by atoms with Crippen molar-refractivity contribution < 1.29 is 31.3 Å². The maximum absolute atomic E-state index is 14.6. The summed E-state index contributed by atoms with van der Waals surface area (Å²) in [6.07, 6.45) is 1.87. The number of anilines is 2. The molecule has 0 bridgehead atoms. The highest BCUT2D eigenvalue weighted by Gasteiger charge is 2.33. The van der Waals surface area contributed by atoms with Crippen LogP contribution < -0.4 is 14.8 Å². The van der Waals surface area contributed by atoms with E-state index in [4.69, 9.17) is 32.7 Å². The van der Waals surface area contributed by atoms with Gasteiger partial charge in [0.05, 0.1) is 60.7 Å². The summed E-state index contributed by atoms with van der Waals surface area (Å²) in [5.74, 6) is 0.143. The van der Waals surface area contributed by atoms with Gasteiger partial charge < -0.3 is 19.7 Å². The molecule has 0 atom stereocenters. The molecule has 3 aromatic rings. The van der Waals surface area contributed by atoms with Crippen LogP contribution in [0.5, 0.6) is 11.5 Å². The fourth-order valence-corrected chi connectivity index (χ4v) is 4.20. The van der Waals surface area contributed by atoms with E-state index in [0.717, 1.165) is 6.26 Å². The number of ether oxygens (including phenoxy) is 2. The van der Waals surface area contributed by atoms with Gasteiger partial charge in [-0.15, -0.1) is 0 Å². The van der Waals surface area contributed by atoms with E-state index in [9.17, 15) is 17.6 Å². The summed E-state index contributed by atoms with van der Waals surface area (Å²) < 4.78 is 52.7. The number of hydrogen-bond donors (Lipinski definition) is 1. The molecule has 1 amide bonds. The molecule has 1 aliphatic rings. The minimum absolute atomic E-state index is 0.0588. The van der Waals surface area contributed by atoms with E-state index < -0.39 is 15.9 Å². The third-order valence-electron chi connectivity index (χ3n) is 5.32. The summed E-state index contributed by atoms with van der Waals surface area (Å²) >= 11 is 11.8. The molecule has 0 spiro atoms. The van der Waals surface area contributed by atoms with E-state index in [0.29, 0.717) is 41.3 Å². The van der Waals surface area contributed by atoms with Crippen LogP contribution in [-0.2, 0) is 19.1 Å². The first-order valence-corrected chi connectivity index (χ1v) is 13.1. The third kappa shape index (κ3) is 5.89. The average molecular weight is 559 g/mol. The number of fused-ring (bicyclic) bond motifs is 1. The van der Waals surface area contributed by atoms with Crippen LogP contribution in [0.2, 0.25) is 10.0 Å². The molecule has 192 valence electrons. The second-order valence-corrected chi connectivity index (χ2v) is 10.3.